The van der Waals surface area contributed by atoms with Crippen molar-refractivity contribution in [2.75, 3.05) is 46.9 Å². The molecule has 0 fully saturated rings. The van der Waals surface area contributed by atoms with Gasteiger partial charge in [0, 0.05) is 13.5 Å². The number of Topliss-reactive ketones (excluding diaryl/α,β-unsaturated/α-hetero) is 1. The van der Waals surface area contributed by atoms with Gasteiger partial charge in [0.1, 0.15) is 11.4 Å². The number of rotatable bonds is 13. The molecule has 51 heavy (non-hydrogen) atoms. The van der Waals surface area contributed by atoms with E-state index in [-0.39, 0.29) is 11.4 Å². The van der Waals surface area contributed by atoms with E-state index in [2.05, 4.69) is 96.9 Å². The van der Waals surface area contributed by atoms with Crippen molar-refractivity contribution in [1.82, 2.24) is 16.0 Å². The van der Waals surface area contributed by atoms with Gasteiger partial charge in [-0.2, -0.15) is 13.2 Å². The molecule has 10 heteroatoms. The average Bonchev–Trinajstić information content (AvgIpc) is 3.41. The first-order chi connectivity index (χ1) is 24.2. The lowest BCUT2D eigenvalue weighted by atomic mass is 9.71. The highest BCUT2D eigenvalue weighted by molar-refractivity contribution is 6.00. The number of hydrogen-bond donors (Lipinski definition) is 4. The molecule has 1 aliphatic carbocycles. The van der Waals surface area contributed by atoms with Gasteiger partial charge in [0.15, 0.2) is 0 Å². The monoisotopic (exact) mass is 730 g/mol. The highest BCUT2D eigenvalue weighted by atomic mass is 19.4. The van der Waals surface area contributed by atoms with Gasteiger partial charge in [-0.15, -0.1) is 0 Å². The second-order valence-corrected chi connectivity index (χ2v) is 12.1. The molecule has 0 bridgehead atoms. The van der Waals surface area contributed by atoms with Crippen LogP contribution in [-0.2, 0) is 19.7 Å². The van der Waals surface area contributed by atoms with Crippen molar-refractivity contribution in [3.63, 3.8) is 0 Å². The van der Waals surface area contributed by atoms with E-state index in [1.807, 2.05) is 41.7 Å². The van der Waals surface area contributed by atoms with Gasteiger partial charge in [-0.25, -0.2) is 0 Å². The second kappa shape index (κ2) is 34.3. The number of alkyl halides is 3. The first-order valence-electron chi connectivity index (χ1n) is 18.6. The number of benzene rings is 2. The van der Waals surface area contributed by atoms with Crippen molar-refractivity contribution >= 4 is 12.3 Å². The third-order valence-electron chi connectivity index (χ3n) is 7.15. The number of carbonyl (C=O) groups excluding carboxylic acids is 2. The Morgan fingerprint density at radius 1 is 0.784 bits per heavy atom. The normalized spacial score (nSPS) is 11.5. The lowest BCUT2D eigenvalue weighted by Gasteiger charge is -2.29. The Kier molecular flexibility index (Phi) is 37.0. The average molecular weight is 730 g/mol. The summed E-state index contributed by atoms with van der Waals surface area (Å²) in [6, 6.07) is 16.9. The van der Waals surface area contributed by atoms with Gasteiger partial charge in [0.2, 0.25) is 0 Å². The summed E-state index contributed by atoms with van der Waals surface area (Å²) < 4.78 is 36.9. The number of fused-ring (bicyclic) bond motifs is 3. The van der Waals surface area contributed by atoms with E-state index in [0.29, 0.717) is 6.47 Å². The maximum Gasteiger partial charge on any atom is 0.388 e. The van der Waals surface area contributed by atoms with Crippen LogP contribution >= 0.6 is 0 Å². The molecule has 1 aliphatic rings. The molecule has 0 atom stereocenters. The molecule has 0 aromatic heterocycles. The predicted molar refractivity (Wildman–Crippen MR) is 212 cm³/mol. The van der Waals surface area contributed by atoms with Crippen LogP contribution in [0.2, 0.25) is 0 Å². The zero-order valence-electron chi connectivity index (χ0n) is 34.3. The molecule has 0 amide bonds. The Morgan fingerprint density at radius 3 is 1.47 bits per heavy atom. The van der Waals surface area contributed by atoms with Crippen LogP contribution < -0.4 is 16.0 Å². The molecule has 7 nitrogen and oxygen atoms in total. The fourth-order valence-corrected chi connectivity index (χ4v) is 4.64. The van der Waals surface area contributed by atoms with E-state index >= 15 is 0 Å². The maximum absolute atomic E-state index is 12.8. The lowest BCUT2D eigenvalue weighted by Crippen LogP contribution is -2.33. The first kappa shape index (κ1) is 55.0. The van der Waals surface area contributed by atoms with Crippen LogP contribution in [0, 0.1) is 0 Å². The van der Waals surface area contributed by atoms with Crippen LogP contribution in [0.15, 0.2) is 48.5 Å². The fourth-order valence-electron chi connectivity index (χ4n) is 4.64. The van der Waals surface area contributed by atoms with Crippen LogP contribution in [0.25, 0.3) is 11.1 Å². The first-order valence-corrected chi connectivity index (χ1v) is 18.6. The Bertz CT molecular complexity index is 1040. The van der Waals surface area contributed by atoms with E-state index in [1.54, 1.807) is 6.92 Å². The number of hydrogen-bond acceptors (Lipinski definition) is 7. The van der Waals surface area contributed by atoms with Crippen molar-refractivity contribution in [3.05, 3.63) is 59.7 Å². The molecule has 2 aromatic rings. The van der Waals surface area contributed by atoms with Crippen molar-refractivity contribution in [2.24, 2.45) is 0 Å². The number of nitrogens with one attached hydrogen (secondary N) is 3. The molecule has 0 saturated heterocycles. The van der Waals surface area contributed by atoms with Gasteiger partial charge in [-0.3, -0.25) is 9.59 Å². The van der Waals surface area contributed by atoms with E-state index < -0.39 is 18.0 Å². The van der Waals surface area contributed by atoms with E-state index in [0.717, 1.165) is 66.0 Å². The Balaban J connectivity index is -0.000000335. The molecule has 3 rings (SSSR count). The lowest BCUT2D eigenvalue weighted by molar-refractivity contribution is -0.138. The van der Waals surface area contributed by atoms with Crippen LogP contribution in [0.5, 0.6) is 0 Å². The smallest absolute Gasteiger partial charge is 0.388 e. The van der Waals surface area contributed by atoms with Crippen LogP contribution in [0.4, 0.5) is 13.2 Å². The number of carbonyl (C=O) groups is 2. The summed E-state index contributed by atoms with van der Waals surface area (Å²) >= 11 is 0. The van der Waals surface area contributed by atoms with E-state index in [1.165, 1.54) is 35.1 Å². The molecule has 298 valence electrons. The third kappa shape index (κ3) is 25.8. The van der Waals surface area contributed by atoms with Crippen LogP contribution in [0.3, 0.4) is 0 Å². The molecule has 2 aromatic carbocycles. The Hall–Kier alpha value is -2.79. The number of aliphatic hydroxyl groups excluding tert-OH is 1. The molecule has 0 spiro atoms. The second-order valence-electron chi connectivity index (χ2n) is 12.1. The SMILES string of the molecule is CC.CC(C)(C)OC=O.CCC(F)(F)F.CCCNCC.CCNC.CCNCCCCCC1(C(C)=O)c2ccccc2-c2ccccc21.CO. The number of unbranched alkanes of at least 4 members (excludes halogenated alkanes) is 2. The number of ether oxygens (including phenoxy) is 1. The van der Waals surface area contributed by atoms with Crippen molar-refractivity contribution < 1.29 is 32.6 Å². The van der Waals surface area contributed by atoms with E-state index in [9.17, 15) is 22.8 Å². The minimum Gasteiger partial charge on any atom is -0.462 e. The zero-order valence-corrected chi connectivity index (χ0v) is 34.3. The van der Waals surface area contributed by atoms with Crippen molar-refractivity contribution in [1.29, 1.82) is 0 Å². The van der Waals surface area contributed by atoms with Crippen LogP contribution in [0.1, 0.15) is 126 Å². The molecular weight excluding hydrogens is 655 g/mol. The summed E-state index contributed by atoms with van der Waals surface area (Å²) in [5, 5.41) is 16.5. The summed E-state index contributed by atoms with van der Waals surface area (Å²) in [5.74, 6) is 0.270. The highest BCUT2D eigenvalue weighted by Crippen LogP contribution is 2.51. The van der Waals surface area contributed by atoms with Crippen molar-refractivity contribution in [2.45, 2.75) is 132 Å². The molecule has 0 aliphatic heterocycles. The molecule has 0 unspecified atom stereocenters. The molecule has 0 heterocycles. The predicted octanol–water partition coefficient (Wildman–Crippen LogP) is 9.49. The maximum atomic E-state index is 12.8. The third-order valence-corrected chi connectivity index (χ3v) is 7.15. The fraction of sp³-hybridized carbons (Fsp3) is 0.659. The minimum absolute atomic E-state index is 0.270. The minimum atomic E-state index is -3.96. The van der Waals surface area contributed by atoms with Gasteiger partial charge >= 0.3 is 6.18 Å². The molecule has 4 N–H and O–H groups in total. The molecule has 0 radical (unpaired) electrons. The Labute approximate surface area is 309 Å². The van der Waals surface area contributed by atoms with Gasteiger partial charge in [0.25, 0.3) is 6.47 Å². The number of aliphatic hydroxyl groups is 1. The number of halogens is 3. The highest BCUT2D eigenvalue weighted by Gasteiger charge is 2.46. The van der Waals surface area contributed by atoms with Gasteiger partial charge in [-0.05, 0) is 109 Å². The van der Waals surface area contributed by atoms with Crippen LogP contribution in [-0.4, -0.2) is 76.0 Å². The summed E-state index contributed by atoms with van der Waals surface area (Å²) in [7, 11) is 2.93. The largest absolute Gasteiger partial charge is 0.462 e. The summed E-state index contributed by atoms with van der Waals surface area (Å²) in [6.45, 7) is 26.7. The zero-order chi connectivity index (χ0) is 40.4. The summed E-state index contributed by atoms with van der Waals surface area (Å²) in [4.78, 5) is 22.4. The van der Waals surface area contributed by atoms with Gasteiger partial charge in [-0.1, -0.05) is 110 Å². The molecule has 0 saturated carbocycles. The van der Waals surface area contributed by atoms with Crippen molar-refractivity contribution in [3.8, 4) is 11.1 Å². The summed E-state index contributed by atoms with van der Waals surface area (Å²) in [6.07, 6.45) is 0.869. The topological polar surface area (TPSA) is 99.7 Å². The standard InChI is InChI=1S/C22H27NO.C5H13N.C5H10O2.C3H5F3.C3H9N.C2H6.CH4O/c1-3-23-16-10-4-9-15-22(17(2)24)20-13-7-5-11-18(20)19-12-6-8-14-21(19)22;1-3-5-6-4-2;1-5(2,3)7-4-6;1-2-3(4,5)6;1-3-4-2;2*1-2/h5-8,11-14,23H,3-4,9-10,15-16H2,1-2H3;6H,3-5H2,1-2H3;4H,1-3H3;2H2,1H3;4H,3H2,1-2H3;1-2H3;2H,1H3. The number of ketones is 1. The van der Waals surface area contributed by atoms with Gasteiger partial charge in [0.05, 0.1) is 5.41 Å². The molecular formula is C41H74F3N3O4. The quantitative estimate of drug-likeness (QED) is 0.120. The Morgan fingerprint density at radius 2 is 1.20 bits per heavy atom. The van der Waals surface area contributed by atoms with Gasteiger partial charge < -0.3 is 25.8 Å². The van der Waals surface area contributed by atoms with E-state index in [4.69, 9.17) is 5.11 Å². The summed E-state index contributed by atoms with van der Waals surface area (Å²) in [5.41, 5.74) is 4.09.